The first-order valence-electron chi connectivity index (χ1n) is 22.9. The molecule has 0 aromatic heterocycles. The van der Waals surface area contributed by atoms with Crippen LogP contribution in [-0.2, 0) is 41.7 Å². The van der Waals surface area contributed by atoms with Crippen molar-refractivity contribution in [1.82, 2.24) is 4.90 Å². The molecular formula is C54H66N2O4. The third-order valence-electron chi connectivity index (χ3n) is 13.2. The fourth-order valence-electron chi connectivity index (χ4n) is 9.76. The maximum atomic E-state index is 13.8. The molecule has 1 amide bonds. The molecule has 6 nitrogen and oxygen atoms in total. The molecule has 60 heavy (non-hydrogen) atoms. The van der Waals surface area contributed by atoms with Crippen LogP contribution in [0.25, 0.3) is 12.2 Å². The molecule has 1 heterocycles. The van der Waals surface area contributed by atoms with Gasteiger partial charge in [0.15, 0.2) is 17.3 Å². The van der Waals surface area contributed by atoms with Crippen molar-refractivity contribution in [1.29, 1.82) is 0 Å². The van der Waals surface area contributed by atoms with E-state index >= 15 is 0 Å². The van der Waals surface area contributed by atoms with E-state index in [1.807, 2.05) is 42.2 Å². The van der Waals surface area contributed by atoms with Gasteiger partial charge in [-0.2, -0.15) is 0 Å². The summed E-state index contributed by atoms with van der Waals surface area (Å²) < 4.78 is 0. The first kappa shape index (κ1) is 44.5. The zero-order chi connectivity index (χ0) is 42.6. The Morgan fingerprint density at radius 2 is 1.25 bits per heavy atom. The van der Waals surface area contributed by atoms with Crippen molar-refractivity contribution in [2.45, 2.75) is 137 Å². The van der Waals surface area contributed by atoms with Gasteiger partial charge in [-0.15, -0.1) is 0 Å². The van der Waals surface area contributed by atoms with Gasteiger partial charge in [-0.3, -0.25) is 19.2 Å². The third kappa shape index (κ3) is 10.8. The molecule has 1 saturated heterocycles. The smallest absolute Gasteiger partial charge is 0.255 e. The molecule has 0 radical (unpaired) electrons. The molecule has 2 aliphatic rings. The van der Waals surface area contributed by atoms with Gasteiger partial charge in [0.05, 0.1) is 12.1 Å². The number of ketones is 3. The fraction of sp³-hybridized carbons (Fsp3) is 0.444. The Kier molecular flexibility index (Phi) is 15.9. The average Bonchev–Trinajstić information content (AvgIpc) is 3.98. The van der Waals surface area contributed by atoms with Crippen LogP contribution in [0.4, 0.5) is 5.69 Å². The first-order valence-corrected chi connectivity index (χ1v) is 22.9. The van der Waals surface area contributed by atoms with Gasteiger partial charge in [-0.1, -0.05) is 119 Å². The number of Topliss-reactive ketones (excluding diaryl/α,β-unsaturated/α-hetero) is 3. The van der Waals surface area contributed by atoms with E-state index in [2.05, 4.69) is 99.8 Å². The number of amides is 1. The van der Waals surface area contributed by atoms with E-state index in [-0.39, 0.29) is 47.2 Å². The van der Waals surface area contributed by atoms with E-state index in [9.17, 15) is 19.2 Å². The van der Waals surface area contributed by atoms with Crippen LogP contribution in [-0.4, -0.2) is 46.8 Å². The molecule has 4 atom stereocenters. The molecule has 0 spiro atoms. The molecule has 6 heteroatoms. The Labute approximate surface area is 359 Å². The summed E-state index contributed by atoms with van der Waals surface area (Å²) >= 11 is 0. The topological polar surface area (TPSA) is 83.6 Å². The number of hydrogen-bond acceptors (Lipinski definition) is 5. The fourth-order valence-corrected chi connectivity index (χ4v) is 9.76. The molecule has 1 aliphatic carbocycles. The van der Waals surface area contributed by atoms with Crippen LogP contribution in [0.5, 0.6) is 0 Å². The van der Waals surface area contributed by atoms with Crippen LogP contribution in [0, 0.1) is 11.8 Å². The number of nitrogens with zero attached hydrogens (tertiary/aromatic N) is 1. The summed E-state index contributed by atoms with van der Waals surface area (Å²) in [5.74, 6) is 0.919. The predicted molar refractivity (Wildman–Crippen MR) is 247 cm³/mol. The van der Waals surface area contributed by atoms with E-state index < -0.39 is 0 Å². The number of likely N-dealkylation sites (tertiary alicyclic amines) is 1. The predicted octanol–water partition coefficient (Wildman–Crippen LogP) is 11.8. The zero-order valence-corrected chi connectivity index (χ0v) is 36.7. The molecule has 2 fully saturated rings. The number of anilines is 1. The van der Waals surface area contributed by atoms with E-state index in [0.717, 1.165) is 127 Å². The Morgan fingerprint density at radius 3 is 1.83 bits per heavy atom. The Morgan fingerprint density at radius 1 is 0.683 bits per heavy atom. The number of nitrogens with one attached hydrogen (secondary N) is 1. The molecule has 1 saturated carbocycles. The highest BCUT2D eigenvalue weighted by atomic mass is 16.2. The van der Waals surface area contributed by atoms with Crippen molar-refractivity contribution in [2.75, 3.05) is 11.9 Å². The summed E-state index contributed by atoms with van der Waals surface area (Å²) in [4.78, 5) is 56.1. The molecule has 4 aromatic carbocycles. The molecule has 0 bridgehead atoms. The van der Waals surface area contributed by atoms with Crippen LogP contribution < -0.4 is 5.32 Å². The molecule has 1 aliphatic heterocycles. The quantitative estimate of drug-likeness (QED) is 0.0710. The highest BCUT2D eigenvalue weighted by Gasteiger charge is 2.36. The van der Waals surface area contributed by atoms with Crippen LogP contribution in [0.2, 0.25) is 0 Å². The Balaban J connectivity index is 0.947. The highest BCUT2D eigenvalue weighted by Crippen LogP contribution is 2.37. The minimum atomic E-state index is -0.321. The van der Waals surface area contributed by atoms with Gasteiger partial charge in [0.1, 0.15) is 0 Å². The number of benzene rings is 4. The standard InChI is InChI=1S/C54H66N2O4/c1-6-41-16-11-17-42(7-2)51(41)50(58)35-32-45-20-13-21-47(45)53(59)37(5)55-46-33-30-40(31-34-46)29-28-39-26-24-38(25-27-39)15-10-23-49(57)48-22-14-36-56(48)54(60)52-43(8-3)18-12-19-44(52)9-4/h11-12,16-19,24-31,33-34,37,45,47-48,55H,6-10,13-15,20-23,32,35-36H2,1-5H3/b29-28+/t37?,45?,47-,48?/m1/s1. The summed E-state index contributed by atoms with van der Waals surface area (Å²) in [5.41, 5.74) is 10.4. The van der Waals surface area contributed by atoms with Crippen LogP contribution in [0.15, 0.2) is 84.9 Å². The van der Waals surface area contributed by atoms with Gasteiger partial charge in [0.25, 0.3) is 5.91 Å². The number of aryl methyl sites for hydroxylation is 5. The monoisotopic (exact) mass is 807 g/mol. The molecular weight excluding hydrogens is 741 g/mol. The van der Waals surface area contributed by atoms with Gasteiger partial charge < -0.3 is 10.2 Å². The lowest BCUT2D eigenvalue weighted by Gasteiger charge is -2.26. The highest BCUT2D eigenvalue weighted by molar-refractivity contribution is 6.01. The van der Waals surface area contributed by atoms with Crippen LogP contribution in [0.3, 0.4) is 0 Å². The lowest BCUT2D eigenvalue weighted by Crippen LogP contribution is -2.41. The normalized spacial score (nSPS) is 18.2. The van der Waals surface area contributed by atoms with Crippen molar-refractivity contribution in [2.24, 2.45) is 11.8 Å². The minimum Gasteiger partial charge on any atom is -0.376 e. The van der Waals surface area contributed by atoms with E-state index in [1.54, 1.807) is 0 Å². The number of hydrogen-bond donors (Lipinski definition) is 1. The second-order valence-corrected chi connectivity index (χ2v) is 17.0. The number of carbonyl (C=O) groups excluding carboxylic acids is 4. The third-order valence-corrected chi connectivity index (χ3v) is 13.2. The van der Waals surface area contributed by atoms with Crippen molar-refractivity contribution in [3.63, 3.8) is 0 Å². The second-order valence-electron chi connectivity index (χ2n) is 17.0. The zero-order valence-electron chi connectivity index (χ0n) is 36.7. The summed E-state index contributed by atoms with van der Waals surface area (Å²) in [5, 5.41) is 3.45. The summed E-state index contributed by atoms with van der Waals surface area (Å²) in [6.45, 7) is 11.0. The lowest BCUT2D eigenvalue weighted by molar-refractivity contribution is -0.124. The van der Waals surface area contributed by atoms with Crippen LogP contribution in [0.1, 0.15) is 152 Å². The maximum Gasteiger partial charge on any atom is 0.255 e. The van der Waals surface area contributed by atoms with E-state index in [4.69, 9.17) is 0 Å². The average molecular weight is 807 g/mol. The van der Waals surface area contributed by atoms with Crippen molar-refractivity contribution >= 4 is 41.1 Å². The summed E-state index contributed by atoms with van der Waals surface area (Å²) in [6.07, 6.45) is 15.4. The maximum absolute atomic E-state index is 13.8. The van der Waals surface area contributed by atoms with Gasteiger partial charge in [-0.25, -0.2) is 0 Å². The van der Waals surface area contributed by atoms with Crippen molar-refractivity contribution < 1.29 is 19.2 Å². The van der Waals surface area contributed by atoms with E-state index in [0.29, 0.717) is 19.4 Å². The summed E-state index contributed by atoms with van der Waals surface area (Å²) in [7, 11) is 0. The molecule has 1 N–H and O–H groups in total. The van der Waals surface area contributed by atoms with Gasteiger partial charge >= 0.3 is 0 Å². The Hall–Kier alpha value is -5.10. The summed E-state index contributed by atoms with van der Waals surface area (Å²) in [6, 6.07) is 28.4. The lowest BCUT2D eigenvalue weighted by atomic mass is 9.84. The minimum absolute atomic E-state index is 0.00752. The Bertz CT molecular complexity index is 2090. The second kappa shape index (κ2) is 21.4. The molecule has 3 unspecified atom stereocenters. The van der Waals surface area contributed by atoms with Gasteiger partial charge in [-0.05, 0) is 135 Å². The molecule has 6 rings (SSSR count). The van der Waals surface area contributed by atoms with Gasteiger partial charge in [0.2, 0.25) is 0 Å². The number of rotatable bonds is 20. The first-order chi connectivity index (χ1) is 29.1. The molecule has 316 valence electrons. The van der Waals surface area contributed by atoms with Crippen LogP contribution >= 0.6 is 0 Å². The molecule has 4 aromatic rings. The SMILES string of the molecule is CCc1cccc(CC)c1C(=O)CCC1CCC[C@H]1C(=O)C(C)Nc1ccc(/C=C/c2ccc(CCCC(=O)C3CCCN3C(=O)c3c(CC)cccc3CC)cc2)cc1. The van der Waals surface area contributed by atoms with Gasteiger partial charge in [0, 0.05) is 42.1 Å². The largest absolute Gasteiger partial charge is 0.376 e. The van der Waals surface area contributed by atoms with E-state index in [1.165, 1.54) is 5.56 Å². The van der Waals surface area contributed by atoms with Crippen molar-refractivity contribution in [3.05, 3.63) is 135 Å². The van der Waals surface area contributed by atoms with Crippen molar-refractivity contribution in [3.8, 4) is 0 Å². The number of carbonyl (C=O) groups is 4.